The van der Waals surface area contributed by atoms with Crippen molar-refractivity contribution in [3.05, 3.63) is 71.5 Å². The molecule has 2 aromatic carbocycles. The second-order valence-electron chi connectivity index (χ2n) is 7.16. The molecule has 0 bridgehead atoms. The molecule has 148 valence electrons. The minimum absolute atomic E-state index is 0.291. The zero-order valence-electron chi connectivity index (χ0n) is 16.5. The van der Waals surface area contributed by atoms with Crippen molar-refractivity contribution in [1.29, 1.82) is 0 Å². The Labute approximate surface area is 166 Å². The Balaban J connectivity index is 1.93. The number of rotatable bonds is 7. The van der Waals surface area contributed by atoms with Gasteiger partial charge in [-0.3, -0.25) is 14.5 Å². The topological polar surface area (TPSA) is 46.6 Å². The first-order valence-corrected chi connectivity index (χ1v) is 12.3. The molecule has 4 nitrogen and oxygen atoms in total. The number of carbonyl (C=O) groups is 2. The van der Waals surface area contributed by atoms with Gasteiger partial charge in [0.25, 0.3) is 11.8 Å². The van der Waals surface area contributed by atoms with E-state index in [-0.39, 0.29) is 5.91 Å². The Morgan fingerprint density at radius 1 is 1.00 bits per heavy atom. The maximum absolute atomic E-state index is 13.2. The average Bonchev–Trinajstić information content (AvgIpc) is 2.74. The summed E-state index contributed by atoms with van der Waals surface area (Å²) in [6.45, 7) is 6.34. The van der Waals surface area contributed by atoms with Gasteiger partial charge in [-0.15, -0.1) is 0 Å². The molecular formula is C22H26FNO3Si. The van der Waals surface area contributed by atoms with Crippen LogP contribution in [0.5, 0.6) is 0 Å². The van der Waals surface area contributed by atoms with E-state index in [1.54, 1.807) is 0 Å². The van der Waals surface area contributed by atoms with E-state index < -0.39 is 32.2 Å². The summed E-state index contributed by atoms with van der Waals surface area (Å²) in [6, 6.07) is 17.1. The van der Waals surface area contributed by atoms with Gasteiger partial charge in [0.05, 0.1) is 6.04 Å². The third-order valence-corrected chi connectivity index (χ3v) is 10.4. The minimum atomic E-state index is -2.03. The van der Waals surface area contributed by atoms with Gasteiger partial charge in [0, 0.05) is 5.56 Å². The van der Waals surface area contributed by atoms with E-state index in [1.165, 1.54) is 29.2 Å². The highest BCUT2D eigenvalue weighted by molar-refractivity contribution is 6.73. The molecule has 0 radical (unpaired) electrons. The fourth-order valence-electron chi connectivity index (χ4n) is 3.78. The van der Waals surface area contributed by atoms with Gasteiger partial charge in [-0.1, -0.05) is 51.1 Å². The van der Waals surface area contributed by atoms with E-state index in [0.717, 1.165) is 23.7 Å². The first-order valence-electron chi connectivity index (χ1n) is 9.82. The first kappa shape index (κ1) is 20.4. The lowest BCUT2D eigenvalue weighted by molar-refractivity contribution is -0.158. The lowest BCUT2D eigenvalue weighted by Crippen LogP contribution is -2.64. The van der Waals surface area contributed by atoms with Crippen molar-refractivity contribution in [2.45, 2.75) is 51.0 Å². The van der Waals surface area contributed by atoms with Crippen LogP contribution in [-0.4, -0.2) is 31.1 Å². The van der Waals surface area contributed by atoms with Gasteiger partial charge in [0.1, 0.15) is 5.82 Å². The number of nitrogens with zero attached hydrogens (tertiary/aromatic N) is 1. The van der Waals surface area contributed by atoms with Gasteiger partial charge in [0.15, 0.2) is 14.4 Å². The molecule has 1 fully saturated rings. The second kappa shape index (κ2) is 8.37. The van der Waals surface area contributed by atoms with Crippen molar-refractivity contribution in [3.63, 3.8) is 0 Å². The summed E-state index contributed by atoms with van der Waals surface area (Å²) in [7, 11) is -2.03. The molecular weight excluding hydrogens is 373 g/mol. The fraction of sp³-hybridized carbons (Fsp3) is 0.364. The third-order valence-electron chi connectivity index (χ3n) is 5.81. The summed E-state index contributed by atoms with van der Waals surface area (Å²) in [4.78, 5) is 27.2. The zero-order valence-corrected chi connectivity index (χ0v) is 17.5. The number of carbonyl (C=O) groups excluding carboxylic acids is 2. The Morgan fingerprint density at radius 3 is 2.11 bits per heavy atom. The van der Waals surface area contributed by atoms with Gasteiger partial charge < -0.3 is 4.43 Å². The number of likely N-dealkylation sites (tertiary alicyclic amines) is 1. The molecule has 1 heterocycles. The first-order chi connectivity index (χ1) is 13.5. The van der Waals surface area contributed by atoms with Crippen LogP contribution in [0.2, 0.25) is 18.1 Å². The summed E-state index contributed by atoms with van der Waals surface area (Å²) >= 11 is 0. The number of hydrogen-bond donors (Lipinski definition) is 0. The molecule has 2 atom stereocenters. The molecule has 0 unspecified atom stereocenters. The number of halogens is 1. The standard InChI is InChI=1S/C22H26FNO3Si/c1-4-28(5-2,6-3)27-20-19(16-10-8-7-9-11-16)24(22(20)26)21(25)17-12-14-18(23)15-13-17/h7-15,19-20H,4-6H2,1-3H3/t19-,20+/m0/s1. The van der Waals surface area contributed by atoms with E-state index in [1.807, 2.05) is 30.3 Å². The molecule has 6 heteroatoms. The molecule has 0 spiro atoms. The van der Waals surface area contributed by atoms with Crippen LogP contribution in [0.4, 0.5) is 4.39 Å². The molecule has 0 N–H and O–H groups in total. The van der Waals surface area contributed by atoms with Crippen LogP contribution in [0.15, 0.2) is 54.6 Å². The lowest BCUT2D eigenvalue weighted by Gasteiger charge is -2.48. The number of benzene rings is 2. The lowest BCUT2D eigenvalue weighted by atomic mass is 9.90. The van der Waals surface area contributed by atoms with Gasteiger partial charge in [-0.05, 0) is 48.0 Å². The predicted octanol–water partition coefficient (Wildman–Crippen LogP) is 4.94. The quantitative estimate of drug-likeness (QED) is 0.376. The number of amides is 2. The van der Waals surface area contributed by atoms with Gasteiger partial charge >= 0.3 is 0 Å². The number of imide groups is 1. The van der Waals surface area contributed by atoms with Crippen LogP contribution in [0.25, 0.3) is 0 Å². The molecule has 0 saturated carbocycles. The van der Waals surface area contributed by atoms with E-state index in [9.17, 15) is 14.0 Å². The molecule has 1 saturated heterocycles. The maximum atomic E-state index is 13.2. The molecule has 2 aromatic rings. The van der Waals surface area contributed by atoms with Crippen LogP contribution >= 0.6 is 0 Å². The number of hydrogen-bond acceptors (Lipinski definition) is 3. The van der Waals surface area contributed by atoms with Gasteiger partial charge in [-0.25, -0.2) is 4.39 Å². The van der Waals surface area contributed by atoms with Gasteiger partial charge in [0.2, 0.25) is 0 Å². The van der Waals surface area contributed by atoms with Crippen LogP contribution in [-0.2, 0) is 9.22 Å². The molecule has 1 aliphatic rings. The summed E-state index contributed by atoms with van der Waals surface area (Å²) in [5.74, 6) is -1.15. The van der Waals surface area contributed by atoms with E-state index in [2.05, 4.69) is 20.8 Å². The van der Waals surface area contributed by atoms with Crippen molar-refractivity contribution >= 4 is 20.1 Å². The highest BCUT2D eigenvalue weighted by atomic mass is 28.4. The van der Waals surface area contributed by atoms with E-state index in [0.29, 0.717) is 5.56 Å². The molecule has 1 aliphatic heterocycles. The second-order valence-corrected chi connectivity index (χ2v) is 11.9. The van der Waals surface area contributed by atoms with Crippen molar-refractivity contribution in [3.8, 4) is 0 Å². The Bertz CT molecular complexity index is 828. The Hall–Kier alpha value is -2.31. The maximum Gasteiger partial charge on any atom is 0.261 e. The van der Waals surface area contributed by atoms with E-state index >= 15 is 0 Å². The monoisotopic (exact) mass is 399 g/mol. The minimum Gasteiger partial charge on any atom is -0.403 e. The number of β-lactam (4-membered cyclic amide) rings is 1. The largest absolute Gasteiger partial charge is 0.403 e. The van der Waals surface area contributed by atoms with Crippen molar-refractivity contribution in [2.75, 3.05) is 0 Å². The van der Waals surface area contributed by atoms with Crippen molar-refractivity contribution in [1.82, 2.24) is 4.90 Å². The summed E-state index contributed by atoms with van der Waals surface area (Å²) in [6.07, 6.45) is -0.640. The fourth-order valence-corrected chi connectivity index (χ4v) is 6.55. The molecule has 2 amide bonds. The zero-order chi connectivity index (χ0) is 20.3. The smallest absolute Gasteiger partial charge is 0.261 e. The van der Waals surface area contributed by atoms with Gasteiger partial charge in [-0.2, -0.15) is 0 Å². The van der Waals surface area contributed by atoms with Crippen LogP contribution in [0.1, 0.15) is 42.7 Å². The highest BCUT2D eigenvalue weighted by Crippen LogP contribution is 2.41. The highest BCUT2D eigenvalue weighted by Gasteiger charge is 2.54. The van der Waals surface area contributed by atoms with Crippen LogP contribution < -0.4 is 0 Å². The summed E-state index contributed by atoms with van der Waals surface area (Å²) in [5.41, 5.74) is 1.16. The normalized spacial score (nSPS) is 19.4. The molecule has 28 heavy (non-hydrogen) atoms. The third kappa shape index (κ3) is 3.66. The van der Waals surface area contributed by atoms with Crippen molar-refractivity contribution < 1.29 is 18.4 Å². The van der Waals surface area contributed by atoms with Crippen LogP contribution in [0.3, 0.4) is 0 Å². The summed E-state index contributed by atoms with van der Waals surface area (Å²) < 4.78 is 19.7. The Morgan fingerprint density at radius 2 is 1.57 bits per heavy atom. The average molecular weight is 400 g/mol. The SMILES string of the molecule is CC[Si](CC)(CC)O[C@H]1C(=O)N(C(=O)c2ccc(F)cc2)[C@H]1c1ccccc1. The molecule has 0 aliphatic carbocycles. The Kier molecular flexibility index (Phi) is 6.10. The molecule has 0 aromatic heterocycles. The van der Waals surface area contributed by atoms with Crippen molar-refractivity contribution in [2.24, 2.45) is 0 Å². The predicted molar refractivity (Wildman–Crippen MR) is 109 cm³/mol. The molecule has 3 rings (SSSR count). The van der Waals surface area contributed by atoms with Crippen LogP contribution in [0, 0.1) is 5.82 Å². The summed E-state index contributed by atoms with van der Waals surface area (Å²) in [5, 5.41) is 0. The van der Waals surface area contributed by atoms with E-state index in [4.69, 9.17) is 4.43 Å².